The minimum absolute atomic E-state index is 0.0402. The zero-order chi connectivity index (χ0) is 12.6. The molecule has 6 heteroatoms. The number of terminal acetylenes is 1. The third kappa shape index (κ3) is 8.12. The maximum atomic E-state index is 11.7. The van der Waals surface area contributed by atoms with E-state index in [2.05, 4.69) is 11.2 Å². The Labute approximate surface area is 92.8 Å². The fourth-order valence-electron chi connectivity index (χ4n) is 1.00. The first-order valence-corrected chi connectivity index (χ1v) is 4.89. The molecule has 0 radical (unpaired) electrons. The Morgan fingerprint density at radius 2 is 2.12 bits per heavy atom. The zero-order valence-corrected chi connectivity index (χ0v) is 9.03. The van der Waals surface area contributed by atoms with Gasteiger partial charge in [0.15, 0.2) is 0 Å². The van der Waals surface area contributed by atoms with Gasteiger partial charge in [0, 0.05) is 12.5 Å². The molecule has 0 aromatic heterocycles. The van der Waals surface area contributed by atoms with Crippen LogP contribution < -0.4 is 10.6 Å². The number of amides is 1. The number of rotatable bonds is 6. The number of hydrogen-bond acceptors (Lipinski definition) is 2. The van der Waals surface area contributed by atoms with Crippen LogP contribution in [0.3, 0.4) is 0 Å². The molecular weight excluding hydrogens is 221 g/mol. The Balaban J connectivity index is 3.76. The van der Waals surface area contributed by atoms with Crippen molar-refractivity contribution in [3.8, 4) is 12.3 Å². The summed E-state index contributed by atoms with van der Waals surface area (Å²) in [5.74, 6) is 1.74. The van der Waals surface area contributed by atoms with Gasteiger partial charge in [0.2, 0.25) is 5.91 Å². The van der Waals surface area contributed by atoms with Crippen LogP contribution in [0.5, 0.6) is 0 Å². The summed E-state index contributed by atoms with van der Waals surface area (Å²) in [7, 11) is 0. The summed E-state index contributed by atoms with van der Waals surface area (Å²) in [6.07, 6.45) is 1.88. The van der Waals surface area contributed by atoms with Gasteiger partial charge in [0.1, 0.15) is 6.54 Å². The van der Waals surface area contributed by atoms with Crippen molar-refractivity contribution in [2.45, 2.75) is 32.0 Å². The Hall–Kier alpha value is -1.22. The Morgan fingerprint density at radius 1 is 1.50 bits per heavy atom. The van der Waals surface area contributed by atoms with Crippen LogP contribution in [0.1, 0.15) is 19.8 Å². The molecule has 16 heavy (non-hydrogen) atoms. The van der Waals surface area contributed by atoms with Crippen molar-refractivity contribution in [2.75, 3.05) is 13.1 Å². The molecule has 0 fully saturated rings. The first kappa shape index (κ1) is 14.8. The molecule has 0 aliphatic rings. The lowest BCUT2D eigenvalue weighted by Gasteiger charge is -2.14. The van der Waals surface area contributed by atoms with Crippen molar-refractivity contribution in [2.24, 2.45) is 0 Å². The highest BCUT2D eigenvalue weighted by Gasteiger charge is 2.27. The molecule has 1 unspecified atom stereocenters. The highest BCUT2D eigenvalue weighted by Crippen LogP contribution is 2.11. The third-order valence-electron chi connectivity index (χ3n) is 1.89. The topological polar surface area (TPSA) is 41.1 Å². The standard InChI is InChI=1S/C10H15F3N2O/c1-3-5-8(4-2)14-6-9(16)15-7-10(11,12)13/h1,8,14H,4-7H2,2H3,(H,15,16). The second-order valence-corrected chi connectivity index (χ2v) is 3.29. The van der Waals surface area contributed by atoms with Crippen LogP contribution in [0.2, 0.25) is 0 Å². The van der Waals surface area contributed by atoms with Gasteiger partial charge >= 0.3 is 6.18 Å². The van der Waals surface area contributed by atoms with E-state index in [0.29, 0.717) is 6.42 Å². The maximum Gasteiger partial charge on any atom is 0.405 e. The lowest BCUT2D eigenvalue weighted by molar-refractivity contribution is -0.137. The molecule has 0 bridgehead atoms. The summed E-state index contributed by atoms with van der Waals surface area (Å²) in [5.41, 5.74) is 0. The molecule has 2 N–H and O–H groups in total. The van der Waals surface area contributed by atoms with Gasteiger partial charge in [0.05, 0.1) is 6.54 Å². The van der Waals surface area contributed by atoms with Crippen LogP contribution in [-0.2, 0) is 4.79 Å². The number of carbonyl (C=O) groups is 1. The summed E-state index contributed by atoms with van der Waals surface area (Å²) in [6, 6.07) is -0.0402. The molecule has 92 valence electrons. The van der Waals surface area contributed by atoms with Crippen molar-refractivity contribution < 1.29 is 18.0 Å². The number of halogens is 3. The Kier molecular flexibility index (Phi) is 6.58. The van der Waals surface area contributed by atoms with Crippen molar-refractivity contribution in [3.63, 3.8) is 0 Å². The molecule has 0 saturated heterocycles. The molecule has 0 aliphatic carbocycles. The largest absolute Gasteiger partial charge is 0.405 e. The van der Waals surface area contributed by atoms with Crippen LogP contribution in [0.4, 0.5) is 13.2 Å². The Morgan fingerprint density at radius 3 is 2.56 bits per heavy atom. The first-order valence-electron chi connectivity index (χ1n) is 4.89. The lowest BCUT2D eigenvalue weighted by Crippen LogP contribution is -2.42. The van der Waals surface area contributed by atoms with Gasteiger partial charge in [-0.05, 0) is 6.42 Å². The van der Waals surface area contributed by atoms with E-state index in [1.54, 1.807) is 5.32 Å². The van der Waals surface area contributed by atoms with Crippen LogP contribution in [-0.4, -0.2) is 31.2 Å². The smallest absolute Gasteiger partial charge is 0.346 e. The van der Waals surface area contributed by atoms with Crippen LogP contribution >= 0.6 is 0 Å². The van der Waals surface area contributed by atoms with Crippen molar-refractivity contribution in [1.82, 2.24) is 10.6 Å². The predicted molar refractivity (Wildman–Crippen MR) is 54.6 cm³/mol. The molecule has 0 aliphatic heterocycles. The SMILES string of the molecule is C#CCC(CC)NCC(=O)NCC(F)(F)F. The molecule has 0 aromatic carbocycles. The second-order valence-electron chi connectivity index (χ2n) is 3.29. The van der Waals surface area contributed by atoms with Crippen molar-refractivity contribution in [1.29, 1.82) is 0 Å². The van der Waals surface area contributed by atoms with Crippen LogP contribution in [0.15, 0.2) is 0 Å². The van der Waals surface area contributed by atoms with Gasteiger partial charge in [-0.15, -0.1) is 12.3 Å². The molecule has 0 saturated carbocycles. The predicted octanol–water partition coefficient (Wildman–Crippen LogP) is 1.06. The minimum Gasteiger partial charge on any atom is -0.346 e. The molecule has 0 rings (SSSR count). The average molecular weight is 236 g/mol. The average Bonchev–Trinajstić information content (AvgIpc) is 2.20. The second kappa shape index (κ2) is 7.12. The van der Waals surface area contributed by atoms with Gasteiger partial charge in [-0.2, -0.15) is 13.2 Å². The quantitative estimate of drug-likeness (QED) is 0.677. The zero-order valence-electron chi connectivity index (χ0n) is 9.03. The van der Waals surface area contributed by atoms with E-state index in [1.165, 1.54) is 0 Å². The van der Waals surface area contributed by atoms with Gasteiger partial charge in [0.25, 0.3) is 0 Å². The fourth-order valence-corrected chi connectivity index (χ4v) is 1.00. The van der Waals surface area contributed by atoms with E-state index >= 15 is 0 Å². The van der Waals surface area contributed by atoms with E-state index in [1.807, 2.05) is 6.92 Å². The summed E-state index contributed by atoms with van der Waals surface area (Å²) in [5, 5.41) is 4.55. The Bertz CT molecular complexity index is 258. The number of carbonyl (C=O) groups excluding carboxylic acids is 1. The van der Waals surface area contributed by atoms with Crippen molar-refractivity contribution >= 4 is 5.91 Å². The first-order chi connectivity index (χ1) is 7.39. The van der Waals surface area contributed by atoms with Gasteiger partial charge < -0.3 is 10.6 Å². The monoisotopic (exact) mass is 236 g/mol. The molecule has 1 amide bonds. The van der Waals surface area contributed by atoms with Crippen LogP contribution in [0.25, 0.3) is 0 Å². The summed E-state index contributed by atoms with van der Waals surface area (Å²) in [6.45, 7) is 0.415. The molecule has 0 heterocycles. The molecule has 3 nitrogen and oxygen atoms in total. The molecule has 1 atom stereocenters. The van der Waals surface area contributed by atoms with Gasteiger partial charge in [-0.25, -0.2) is 0 Å². The molecule has 0 spiro atoms. The summed E-state index contributed by atoms with van der Waals surface area (Å²) in [4.78, 5) is 11.0. The summed E-state index contributed by atoms with van der Waals surface area (Å²) < 4.78 is 35.2. The minimum atomic E-state index is -4.38. The highest BCUT2D eigenvalue weighted by atomic mass is 19.4. The fraction of sp³-hybridized carbons (Fsp3) is 0.700. The van der Waals surface area contributed by atoms with Crippen LogP contribution in [0, 0.1) is 12.3 Å². The van der Waals surface area contributed by atoms with Crippen molar-refractivity contribution in [3.05, 3.63) is 0 Å². The van der Waals surface area contributed by atoms with E-state index in [9.17, 15) is 18.0 Å². The lowest BCUT2D eigenvalue weighted by atomic mass is 10.1. The number of hydrogen-bond donors (Lipinski definition) is 2. The number of alkyl halides is 3. The maximum absolute atomic E-state index is 11.7. The van der Waals surface area contributed by atoms with E-state index < -0.39 is 18.6 Å². The van der Waals surface area contributed by atoms with E-state index in [4.69, 9.17) is 6.42 Å². The summed E-state index contributed by atoms with van der Waals surface area (Å²) >= 11 is 0. The molecular formula is C10H15F3N2O. The highest BCUT2D eigenvalue weighted by molar-refractivity contribution is 5.78. The number of nitrogens with one attached hydrogen (secondary N) is 2. The third-order valence-corrected chi connectivity index (χ3v) is 1.89. The molecule has 0 aromatic rings. The normalized spacial score (nSPS) is 12.9. The van der Waals surface area contributed by atoms with Gasteiger partial charge in [-0.3, -0.25) is 4.79 Å². The van der Waals surface area contributed by atoms with E-state index in [0.717, 1.165) is 6.42 Å². The van der Waals surface area contributed by atoms with Gasteiger partial charge in [-0.1, -0.05) is 6.92 Å². The van der Waals surface area contributed by atoms with E-state index in [-0.39, 0.29) is 12.6 Å².